The maximum Gasteiger partial charge on any atom is 0.276 e. The summed E-state index contributed by atoms with van der Waals surface area (Å²) in [4.78, 5) is 2.18. The fourth-order valence-corrected chi connectivity index (χ4v) is 5.55. The number of para-hydroxylation sites is 1. The molecule has 2 fully saturated rings. The van der Waals surface area contributed by atoms with Crippen LogP contribution in [0.3, 0.4) is 0 Å². The van der Waals surface area contributed by atoms with E-state index >= 15 is 0 Å². The first-order chi connectivity index (χ1) is 14.6. The molecule has 0 N–H and O–H groups in total. The fraction of sp³-hybridized carbons (Fsp3) is 0.429. The molecule has 158 valence electrons. The van der Waals surface area contributed by atoms with Gasteiger partial charge in [-0.25, -0.2) is 8.42 Å². The van der Waals surface area contributed by atoms with E-state index in [9.17, 15) is 8.42 Å². The predicted molar refractivity (Wildman–Crippen MR) is 111 cm³/mol. The largest absolute Gasteiger partial charge is 0.451 e. The summed E-state index contributed by atoms with van der Waals surface area (Å²) in [5, 5.41) is 8.15. The van der Waals surface area contributed by atoms with Gasteiger partial charge < -0.3 is 13.7 Å². The fourth-order valence-electron chi connectivity index (χ4n) is 4.21. The molecule has 0 atom stereocenters. The highest BCUT2D eigenvalue weighted by atomic mass is 32.2. The second kappa shape index (κ2) is 7.88. The van der Waals surface area contributed by atoms with E-state index in [1.165, 1.54) is 29.5 Å². The van der Waals surface area contributed by atoms with Crippen LogP contribution in [0.4, 0.5) is 5.69 Å². The van der Waals surface area contributed by atoms with Crippen LogP contribution in [0.2, 0.25) is 0 Å². The Morgan fingerprint density at radius 1 is 0.967 bits per heavy atom. The molecule has 0 amide bonds. The van der Waals surface area contributed by atoms with Crippen LogP contribution in [0.25, 0.3) is 11.5 Å². The van der Waals surface area contributed by atoms with Crippen molar-refractivity contribution in [3.05, 3.63) is 48.6 Å². The average molecular weight is 429 g/mol. The average Bonchev–Trinajstić information content (AvgIpc) is 3.55. The zero-order chi connectivity index (χ0) is 20.6. The Bertz CT molecular complexity index is 1090. The molecule has 2 aromatic heterocycles. The highest BCUT2D eigenvalue weighted by Crippen LogP contribution is 2.35. The van der Waals surface area contributed by atoms with E-state index < -0.39 is 10.0 Å². The molecular formula is C21H24N4O4S. The number of hydrogen-bond acceptors (Lipinski definition) is 7. The molecule has 9 heteroatoms. The van der Waals surface area contributed by atoms with Gasteiger partial charge in [-0.1, -0.05) is 31.0 Å². The third kappa shape index (κ3) is 3.63. The summed E-state index contributed by atoms with van der Waals surface area (Å²) in [5.74, 6) is 1.24. The van der Waals surface area contributed by atoms with Crippen molar-refractivity contribution >= 4 is 15.7 Å². The number of rotatable bonds is 5. The van der Waals surface area contributed by atoms with E-state index in [1.807, 2.05) is 30.3 Å². The molecule has 2 aliphatic rings. The van der Waals surface area contributed by atoms with Crippen molar-refractivity contribution in [2.24, 2.45) is 0 Å². The number of sulfonamides is 1. The van der Waals surface area contributed by atoms with Crippen molar-refractivity contribution in [3.63, 3.8) is 0 Å². The van der Waals surface area contributed by atoms with Gasteiger partial charge >= 0.3 is 0 Å². The predicted octanol–water partition coefficient (Wildman–Crippen LogP) is 3.50. The molecule has 0 bridgehead atoms. The molecule has 1 saturated heterocycles. The van der Waals surface area contributed by atoms with Crippen molar-refractivity contribution in [2.45, 2.75) is 36.7 Å². The molecule has 0 spiro atoms. The zero-order valence-electron chi connectivity index (χ0n) is 16.6. The molecule has 3 aromatic rings. The minimum absolute atomic E-state index is 0.0914. The van der Waals surface area contributed by atoms with Crippen molar-refractivity contribution < 1.29 is 17.3 Å². The van der Waals surface area contributed by atoms with Crippen LogP contribution < -0.4 is 4.90 Å². The normalized spacial score (nSPS) is 18.9. The molecule has 5 rings (SSSR count). The van der Waals surface area contributed by atoms with E-state index in [2.05, 4.69) is 15.1 Å². The first-order valence-corrected chi connectivity index (χ1v) is 11.8. The van der Waals surface area contributed by atoms with Crippen molar-refractivity contribution in [3.8, 4) is 11.5 Å². The number of anilines is 1. The maximum atomic E-state index is 13.0. The smallest absolute Gasteiger partial charge is 0.276 e. The number of furan rings is 1. The highest BCUT2D eigenvalue weighted by Gasteiger charge is 2.32. The molecule has 1 aromatic carbocycles. The van der Waals surface area contributed by atoms with Gasteiger partial charge in [-0.2, -0.15) is 4.31 Å². The van der Waals surface area contributed by atoms with Gasteiger partial charge in [0.2, 0.25) is 11.0 Å². The maximum absolute atomic E-state index is 13.0. The Morgan fingerprint density at radius 3 is 2.43 bits per heavy atom. The van der Waals surface area contributed by atoms with Crippen LogP contribution >= 0.6 is 0 Å². The van der Waals surface area contributed by atoms with Gasteiger partial charge in [0.25, 0.3) is 15.9 Å². The van der Waals surface area contributed by atoms with Crippen LogP contribution in [0.15, 0.2) is 56.6 Å². The van der Waals surface area contributed by atoms with Crippen LogP contribution in [-0.2, 0) is 10.0 Å². The third-order valence-electron chi connectivity index (χ3n) is 5.92. The Balaban J connectivity index is 1.28. The van der Waals surface area contributed by atoms with Gasteiger partial charge in [0.15, 0.2) is 0 Å². The summed E-state index contributed by atoms with van der Waals surface area (Å²) in [6.45, 7) is 2.07. The highest BCUT2D eigenvalue weighted by molar-refractivity contribution is 7.89. The Morgan fingerprint density at radius 2 is 1.70 bits per heavy atom. The summed E-state index contributed by atoms with van der Waals surface area (Å²) in [5.41, 5.74) is 1.59. The van der Waals surface area contributed by atoms with Crippen LogP contribution in [0.5, 0.6) is 0 Å². The molecule has 1 saturated carbocycles. The monoisotopic (exact) mass is 428 g/mol. The second-order valence-corrected chi connectivity index (χ2v) is 9.68. The quantitative estimate of drug-likeness (QED) is 0.614. The van der Waals surface area contributed by atoms with E-state index in [0.29, 0.717) is 49.4 Å². The molecule has 30 heavy (non-hydrogen) atoms. The summed E-state index contributed by atoms with van der Waals surface area (Å²) in [6.07, 6.45) is 5.84. The van der Waals surface area contributed by atoms with Crippen LogP contribution in [0.1, 0.15) is 37.5 Å². The molecule has 3 heterocycles. The summed E-state index contributed by atoms with van der Waals surface area (Å²) in [7, 11) is -3.71. The summed E-state index contributed by atoms with van der Waals surface area (Å²) in [6, 6.07) is 11.5. The van der Waals surface area contributed by atoms with Gasteiger partial charge in [-0.15, -0.1) is 10.2 Å². The van der Waals surface area contributed by atoms with Gasteiger partial charge in [-0.05, 0) is 25.0 Å². The van der Waals surface area contributed by atoms with Gasteiger partial charge in [0.1, 0.15) is 6.26 Å². The lowest BCUT2D eigenvalue weighted by molar-refractivity contribution is 0.362. The molecular weight excluding hydrogens is 404 g/mol. The minimum Gasteiger partial charge on any atom is -0.451 e. The molecule has 1 aliphatic carbocycles. The Kier molecular flexibility index (Phi) is 5.08. The van der Waals surface area contributed by atoms with Crippen molar-refractivity contribution in [1.29, 1.82) is 0 Å². The Labute approximate surface area is 175 Å². The zero-order valence-corrected chi connectivity index (χ0v) is 17.4. The van der Waals surface area contributed by atoms with E-state index in [4.69, 9.17) is 8.83 Å². The number of aromatic nitrogens is 2. The third-order valence-corrected chi connectivity index (χ3v) is 7.69. The van der Waals surface area contributed by atoms with Gasteiger partial charge in [0.05, 0.1) is 5.56 Å². The minimum atomic E-state index is -3.71. The summed E-state index contributed by atoms with van der Waals surface area (Å²) >= 11 is 0. The van der Waals surface area contributed by atoms with Crippen molar-refractivity contribution in [2.75, 3.05) is 31.1 Å². The van der Waals surface area contributed by atoms with E-state index in [1.54, 1.807) is 0 Å². The van der Waals surface area contributed by atoms with E-state index in [0.717, 1.165) is 18.5 Å². The number of benzene rings is 1. The van der Waals surface area contributed by atoms with Gasteiger partial charge in [-0.3, -0.25) is 0 Å². The second-order valence-electron chi connectivity index (χ2n) is 7.81. The topological polar surface area (TPSA) is 92.7 Å². The summed E-state index contributed by atoms with van der Waals surface area (Å²) < 4.78 is 38.7. The molecule has 0 radical (unpaired) electrons. The van der Waals surface area contributed by atoms with Gasteiger partial charge in [0, 0.05) is 43.9 Å². The number of hydrogen-bond donors (Lipinski definition) is 0. The van der Waals surface area contributed by atoms with Crippen LogP contribution in [0, 0.1) is 0 Å². The molecule has 8 nitrogen and oxygen atoms in total. The Hall–Kier alpha value is -2.65. The lowest BCUT2D eigenvalue weighted by Crippen LogP contribution is -2.48. The number of piperazine rings is 1. The van der Waals surface area contributed by atoms with Crippen molar-refractivity contribution in [1.82, 2.24) is 14.5 Å². The molecule has 1 aliphatic heterocycles. The lowest BCUT2D eigenvalue weighted by Gasteiger charge is -2.34. The first-order valence-electron chi connectivity index (χ1n) is 10.3. The molecule has 0 unspecified atom stereocenters. The standard InChI is InChI=1S/C21H24N4O4S/c26-30(27,25-12-10-24(11-13-25)18-8-2-1-3-9-18)19-14-17(15-28-19)21-23-22-20(29-21)16-6-4-5-7-16/h1-3,8-9,14-16H,4-7,10-13H2. The van der Waals surface area contributed by atoms with E-state index in [-0.39, 0.29) is 5.09 Å². The SMILES string of the molecule is O=S(=O)(c1cc(-c2nnc(C3CCCC3)o2)co1)N1CCN(c2ccccc2)CC1. The first kappa shape index (κ1) is 19.3. The van der Waals surface area contributed by atoms with Crippen LogP contribution in [-0.4, -0.2) is 49.1 Å². The number of nitrogens with zero attached hydrogens (tertiary/aromatic N) is 4. The lowest BCUT2D eigenvalue weighted by atomic mass is 10.1.